The molecule has 0 saturated carbocycles. The summed E-state index contributed by atoms with van der Waals surface area (Å²) in [5.41, 5.74) is 1.22. The van der Waals surface area contributed by atoms with Crippen LogP contribution in [0, 0.1) is 0 Å². The van der Waals surface area contributed by atoms with E-state index in [1.54, 1.807) is 18.7 Å². The molecule has 1 N–H and O–H groups in total. The average Bonchev–Trinajstić information content (AvgIpc) is 3.20. The molecule has 1 atom stereocenters. The van der Waals surface area contributed by atoms with Crippen LogP contribution in [0.3, 0.4) is 0 Å². The number of amides is 1. The van der Waals surface area contributed by atoms with E-state index in [-0.39, 0.29) is 5.91 Å². The number of carbonyl (C=O) groups is 1. The summed E-state index contributed by atoms with van der Waals surface area (Å²) < 4.78 is 6.72. The van der Waals surface area contributed by atoms with Crippen molar-refractivity contribution in [1.82, 2.24) is 10.2 Å². The van der Waals surface area contributed by atoms with Gasteiger partial charge in [0.15, 0.2) is 10.4 Å². The first-order valence-electron chi connectivity index (χ1n) is 9.14. The van der Waals surface area contributed by atoms with Gasteiger partial charge in [-0.05, 0) is 23.9 Å². The van der Waals surface area contributed by atoms with Crippen molar-refractivity contribution in [3.63, 3.8) is 0 Å². The van der Waals surface area contributed by atoms with Gasteiger partial charge in [-0.15, -0.1) is 10.2 Å². The molecule has 0 bridgehead atoms. The van der Waals surface area contributed by atoms with Crippen LogP contribution in [0.2, 0.25) is 0 Å². The maximum atomic E-state index is 12.5. The van der Waals surface area contributed by atoms with Crippen molar-refractivity contribution in [2.24, 2.45) is 0 Å². The maximum absolute atomic E-state index is 12.5. The standard InChI is InChI=1S/C22H19N3O2S2/c1-15(27-19-13-7-11-17-10-5-6-12-18(17)19)20(26)23-21-24-25-22(29-21)28-14-16-8-3-2-4-9-16/h2-13,15H,14H2,1H3,(H,23,24,26)/t15-/m1/s1. The minimum atomic E-state index is -0.662. The van der Waals surface area contributed by atoms with E-state index >= 15 is 0 Å². The highest BCUT2D eigenvalue weighted by Gasteiger charge is 2.18. The zero-order valence-corrected chi connectivity index (χ0v) is 17.4. The molecule has 0 radical (unpaired) electrons. The molecule has 4 rings (SSSR count). The van der Waals surface area contributed by atoms with Crippen molar-refractivity contribution in [2.45, 2.75) is 23.1 Å². The minimum absolute atomic E-state index is 0.256. The Morgan fingerprint density at radius 1 is 1.03 bits per heavy atom. The fourth-order valence-corrected chi connectivity index (χ4v) is 4.50. The number of anilines is 1. The Balaban J connectivity index is 1.36. The van der Waals surface area contributed by atoms with Gasteiger partial charge in [0.1, 0.15) is 5.75 Å². The van der Waals surface area contributed by atoms with Gasteiger partial charge in [0.05, 0.1) is 0 Å². The molecular formula is C22H19N3O2S2. The van der Waals surface area contributed by atoms with Crippen LogP contribution in [0.25, 0.3) is 10.8 Å². The van der Waals surface area contributed by atoms with Gasteiger partial charge in [0.25, 0.3) is 5.91 Å². The first-order chi connectivity index (χ1) is 14.2. The van der Waals surface area contributed by atoms with Gasteiger partial charge < -0.3 is 4.74 Å². The Labute approximate surface area is 177 Å². The largest absolute Gasteiger partial charge is 0.480 e. The molecule has 0 aliphatic rings. The SMILES string of the molecule is C[C@@H](Oc1cccc2ccccc12)C(=O)Nc1nnc(SCc2ccccc2)s1. The van der Waals surface area contributed by atoms with Crippen LogP contribution in [0.15, 0.2) is 77.1 Å². The summed E-state index contributed by atoms with van der Waals surface area (Å²) in [7, 11) is 0. The van der Waals surface area contributed by atoms with Gasteiger partial charge >= 0.3 is 0 Å². The highest BCUT2D eigenvalue weighted by Crippen LogP contribution is 2.29. The van der Waals surface area contributed by atoms with E-state index in [0.717, 1.165) is 20.9 Å². The van der Waals surface area contributed by atoms with Gasteiger partial charge in [0, 0.05) is 11.1 Å². The number of benzene rings is 3. The molecule has 0 unspecified atom stereocenters. The van der Waals surface area contributed by atoms with Crippen LogP contribution in [-0.4, -0.2) is 22.2 Å². The summed E-state index contributed by atoms with van der Waals surface area (Å²) in [6, 6.07) is 23.9. The first-order valence-corrected chi connectivity index (χ1v) is 10.9. The van der Waals surface area contributed by atoms with Crippen LogP contribution < -0.4 is 10.1 Å². The van der Waals surface area contributed by atoms with Gasteiger partial charge in [0.2, 0.25) is 5.13 Å². The van der Waals surface area contributed by atoms with Crippen molar-refractivity contribution < 1.29 is 9.53 Å². The smallest absolute Gasteiger partial charge is 0.266 e. The molecule has 7 heteroatoms. The second-order valence-corrected chi connectivity index (χ2v) is 8.57. The van der Waals surface area contributed by atoms with E-state index in [9.17, 15) is 4.79 Å². The normalized spacial score (nSPS) is 11.9. The quantitative estimate of drug-likeness (QED) is 0.320. The predicted molar refractivity (Wildman–Crippen MR) is 119 cm³/mol. The third-order valence-electron chi connectivity index (χ3n) is 4.26. The second-order valence-electron chi connectivity index (χ2n) is 6.37. The Morgan fingerprint density at radius 3 is 2.66 bits per heavy atom. The van der Waals surface area contributed by atoms with Gasteiger partial charge in [-0.25, -0.2) is 0 Å². The van der Waals surface area contributed by atoms with Crippen LogP contribution >= 0.6 is 23.1 Å². The van der Waals surface area contributed by atoms with Crippen molar-refractivity contribution >= 4 is 44.9 Å². The van der Waals surface area contributed by atoms with Gasteiger partial charge in [-0.1, -0.05) is 89.8 Å². The number of carbonyl (C=O) groups excluding carboxylic acids is 1. The van der Waals surface area contributed by atoms with E-state index in [0.29, 0.717) is 10.9 Å². The molecule has 3 aromatic carbocycles. The Hall–Kier alpha value is -2.90. The predicted octanol–water partition coefficient (Wildman–Crippen LogP) is 5.39. The van der Waals surface area contributed by atoms with Crippen molar-refractivity contribution in [3.05, 3.63) is 78.4 Å². The molecule has 146 valence electrons. The number of fused-ring (bicyclic) bond motifs is 1. The molecule has 0 aliphatic carbocycles. The number of hydrogen-bond donors (Lipinski definition) is 1. The number of hydrogen-bond acceptors (Lipinski definition) is 6. The summed E-state index contributed by atoms with van der Waals surface area (Å²) in [6.45, 7) is 1.73. The molecule has 0 aliphatic heterocycles. The average molecular weight is 422 g/mol. The van der Waals surface area contributed by atoms with Crippen LogP contribution in [-0.2, 0) is 10.5 Å². The molecule has 1 heterocycles. The number of nitrogens with one attached hydrogen (secondary N) is 1. The fraction of sp³-hybridized carbons (Fsp3) is 0.136. The lowest BCUT2D eigenvalue weighted by molar-refractivity contribution is -0.122. The molecule has 0 saturated heterocycles. The van der Waals surface area contributed by atoms with Crippen LogP contribution in [0.1, 0.15) is 12.5 Å². The summed E-state index contributed by atoms with van der Waals surface area (Å²) in [5.74, 6) is 1.24. The van der Waals surface area contributed by atoms with Gasteiger partial charge in [-0.2, -0.15) is 0 Å². The monoisotopic (exact) mass is 421 g/mol. The number of ether oxygens (including phenoxy) is 1. The zero-order valence-electron chi connectivity index (χ0n) is 15.7. The summed E-state index contributed by atoms with van der Waals surface area (Å²) in [5, 5.41) is 13.5. The third-order valence-corrected chi connectivity index (χ3v) is 6.31. The van der Waals surface area contributed by atoms with Gasteiger partial charge in [-0.3, -0.25) is 10.1 Å². The van der Waals surface area contributed by atoms with E-state index in [1.165, 1.54) is 16.9 Å². The lowest BCUT2D eigenvalue weighted by Crippen LogP contribution is -2.30. The molecule has 5 nitrogen and oxygen atoms in total. The van der Waals surface area contributed by atoms with E-state index in [2.05, 4.69) is 27.6 Å². The van der Waals surface area contributed by atoms with Crippen LogP contribution in [0.4, 0.5) is 5.13 Å². The number of thioether (sulfide) groups is 1. The number of aromatic nitrogens is 2. The summed E-state index contributed by atoms with van der Waals surface area (Å²) in [4.78, 5) is 12.5. The summed E-state index contributed by atoms with van der Waals surface area (Å²) in [6.07, 6.45) is -0.662. The van der Waals surface area contributed by atoms with Crippen molar-refractivity contribution in [3.8, 4) is 5.75 Å². The maximum Gasteiger partial charge on any atom is 0.266 e. The van der Waals surface area contributed by atoms with E-state index in [4.69, 9.17) is 4.74 Å². The highest BCUT2D eigenvalue weighted by atomic mass is 32.2. The number of nitrogens with zero attached hydrogens (tertiary/aromatic N) is 2. The summed E-state index contributed by atoms with van der Waals surface area (Å²) >= 11 is 2.96. The first kappa shape index (κ1) is 19.4. The topological polar surface area (TPSA) is 64.1 Å². The third kappa shape index (κ3) is 4.93. The van der Waals surface area contributed by atoms with Crippen LogP contribution in [0.5, 0.6) is 5.75 Å². The molecule has 0 spiro atoms. The minimum Gasteiger partial charge on any atom is -0.480 e. The molecular weight excluding hydrogens is 402 g/mol. The highest BCUT2D eigenvalue weighted by molar-refractivity contribution is 8.00. The Kier molecular flexibility index (Phi) is 6.07. The fourth-order valence-electron chi connectivity index (χ4n) is 2.79. The Morgan fingerprint density at radius 2 is 1.79 bits per heavy atom. The second kappa shape index (κ2) is 9.07. The molecule has 4 aromatic rings. The van der Waals surface area contributed by atoms with E-state index in [1.807, 2.05) is 60.7 Å². The van der Waals surface area contributed by atoms with Crippen molar-refractivity contribution in [2.75, 3.05) is 5.32 Å². The molecule has 1 amide bonds. The lowest BCUT2D eigenvalue weighted by atomic mass is 10.1. The molecule has 0 fully saturated rings. The van der Waals surface area contributed by atoms with E-state index < -0.39 is 6.10 Å². The zero-order chi connectivity index (χ0) is 20.1. The molecule has 1 aromatic heterocycles. The number of rotatable bonds is 7. The van der Waals surface area contributed by atoms with Crippen molar-refractivity contribution in [1.29, 1.82) is 0 Å². The Bertz CT molecular complexity index is 1110. The lowest BCUT2D eigenvalue weighted by Gasteiger charge is -2.15. The molecule has 29 heavy (non-hydrogen) atoms.